The molecule has 13 aromatic rings. The molecule has 0 unspecified atom stereocenters. The van der Waals surface area contributed by atoms with Crippen molar-refractivity contribution in [1.82, 2.24) is 24.1 Å². The molecular weight excluding hydrogens is 755 g/mol. The Morgan fingerprint density at radius 3 is 1.56 bits per heavy atom. The summed E-state index contributed by atoms with van der Waals surface area (Å²) in [4.78, 5) is 15.1. The molecular formula is C57H35N5. The van der Waals surface area contributed by atoms with Crippen LogP contribution in [0.4, 0.5) is 0 Å². The van der Waals surface area contributed by atoms with Gasteiger partial charge in [0.1, 0.15) is 0 Å². The van der Waals surface area contributed by atoms with E-state index in [1.54, 1.807) is 0 Å². The molecule has 62 heavy (non-hydrogen) atoms. The highest BCUT2D eigenvalue weighted by molar-refractivity contribution is 6.25. The molecule has 0 aliphatic heterocycles. The molecule has 10 aromatic carbocycles. The maximum Gasteiger partial charge on any atom is 0.164 e. The molecule has 0 saturated carbocycles. The molecule has 13 rings (SSSR count). The molecule has 3 heterocycles. The van der Waals surface area contributed by atoms with Crippen LogP contribution in [-0.4, -0.2) is 24.1 Å². The van der Waals surface area contributed by atoms with Crippen molar-refractivity contribution in [3.05, 3.63) is 212 Å². The fraction of sp³-hybridized carbons (Fsp3) is 0. The Bertz CT molecular complexity index is 3920. The molecule has 0 aliphatic carbocycles. The summed E-state index contributed by atoms with van der Waals surface area (Å²) in [5.41, 5.74) is 9.81. The lowest BCUT2D eigenvalue weighted by atomic mass is 10.0. The summed E-state index contributed by atoms with van der Waals surface area (Å²) in [6.07, 6.45) is 0. The summed E-state index contributed by atoms with van der Waals surface area (Å²) in [6.45, 7) is 0. The van der Waals surface area contributed by atoms with Gasteiger partial charge in [0, 0.05) is 49.6 Å². The maximum atomic E-state index is 5.10. The highest BCUT2D eigenvalue weighted by Crippen LogP contribution is 2.42. The van der Waals surface area contributed by atoms with Crippen LogP contribution in [-0.2, 0) is 0 Å². The van der Waals surface area contributed by atoms with Gasteiger partial charge in [0.05, 0.1) is 22.1 Å². The van der Waals surface area contributed by atoms with Crippen molar-refractivity contribution in [2.24, 2.45) is 0 Å². The molecule has 0 radical (unpaired) electrons. The van der Waals surface area contributed by atoms with Crippen LogP contribution in [0.15, 0.2) is 212 Å². The molecule has 0 fully saturated rings. The summed E-state index contributed by atoms with van der Waals surface area (Å²) >= 11 is 0. The second-order valence-corrected chi connectivity index (χ2v) is 16.1. The van der Waals surface area contributed by atoms with Gasteiger partial charge in [-0.1, -0.05) is 152 Å². The number of para-hydroxylation sites is 2. The van der Waals surface area contributed by atoms with Crippen molar-refractivity contribution in [3.63, 3.8) is 0 Å². The van der Waals surface area contributed by atoms with Crippen molar-refractivity contribution in [3.8, 4) is 45.5 Å². The van der Waals surface area contributed by atoms with Crippen molar-refractivity contribution in [2.75, 3.05) is 0 Å². The molecule has 0 spiro atoms. The average molecular weight is 790 g/mol. The normalized spacial score (nSPS) is 11.9. The fourth-order valence-corrected chi connectivity index (χ4v) is 9.57. The lowest BCUT2D eigenvalue weighted by Crippen LogP contribution is -2.00. The van der Waals surface area contributed by atoms with Gasteiger partial charge in [0.25, 0.3) is 0 Å². The van der Waals surface area contributed by atoms with Gasteiger partial charge in [-0.2, -0.15) is 0 Å². The van der Waals surface area contributed by atoms with Gasteiger partial charge in [0.2, 0.25) is 0 Å². The number of hydrogen-bond donors (Lipinski definition) is 0. The van der Waals surface area contributed by atoms with Crippen LogP contribution < -0.4 is 0 Å². The Balaban J connectivity index is 0.985. The molecule has 0 amide bonds. The lowest BCUT2D eigenvalue weighted by Gasteiger charge is -2.12. The zero-order valence-corrected chi connectivity index (χ0v) is 33.4. The van der Waals surface area contributed by atoms with Gasteiger partial charge >= 0.3 is 0 Å². The van der Waals surface area contributed by atoms with E-state index in [1.165, 1.54) is 59.8 Å². The van der Waals surface area contributed by atoms with Gasteiger partial charge in [0.15, 0.2) is 17.5 Å². The Morgan fingerprint density at radius 1 is 0.258 bits per heavy atom. The van der Waals surface area contributed by atoms with E-state index in [-0.39, 0.29) is 0 Å². The third-order valence-electron chi connectivity index (χ3n) is 12.5. The Labute approximate surface area is 356 Å². The highest BCUT2D eigenvalue weighted by atomic mass is 15.0. The van der Waals surface area contributed by atoms with Crippen LogP contribution in [0.3, 0.4) is 0 Å². The van der Waals surface area contributed by atoms with Crippen LogP contribution in [0.2, 0.25) is 0 Å². The van der Waals surface area contributed by atoms with Gasteiger partial charge < -0.3 is 9.13 Å². The first-order valence-electron chi connectivity index (χ1n) is 21.0. The number of fused-ring (bicyclic) bond motifs is 10. The minimum atomic E-state index is 0.640. The second kappa shape index (κ2) is 13.6. The van der Waals surface area contributed by atoms with Crippen molar-refractivity contribution >= 4 is 75.9 Å². The molecule has 5 heteroatoms. The van der Waals surface area contributed by atoms with Crippen molar-refractivity contribution in [1.29, 1.82) is 0 Å². The first-order chi connectivity index (χ1) is 30.7. The van der Waals surface area contributed by atoms with Crippen LogP contribution >= 0.6 is 0 Å². The second-order valence-electron chi connectivity index (χ2n) is 16.1. The number of aromatic nitrogens is 5. The van der Waals surface area contributed by atoms with Gasteiger partial charge in [-0.25, -0.2) is 15.0 Å². The zero-order valence-electron chi connectivity index (χ0n) is 33.4. The zero-order chi connectivity index (χ0) is 40.7. The van der Waals surface area contributed by atoms with Crippen molar-refractivity contribution < 1.29 is 0 Å². The predicted molar refractivity (Wildman–Crippen MR) is 257 cm³/mol. The average Bonchev–Trinajstić information content (AvgIpc) is 3.85. The number of rotatable bonds is 5. The van der Waals surface area contributed by atoms with E-state index >= 15 is 0 Å². The summed E-state index contributed by atoms with van der Waals surface area (Å²) < 4.78 is 4.85. The summed E-state index contributed by atoms with van der Waals surface area (Å²) in [6, 6.07) is 75.8. The van der Waals surface area contributed by atoms with Crippen LogP contribution in [0.5, 0.6) is 0 Å². The number of nitrogens with zero attached hydrogens (tertiary/aromatic N) is 5. The maximum absolute atomic E-state index is 5.10. The molecule has 0 saturated heterocycles. The molecule has 0 N–H and O–H groups in total. The monoisotopic (exact) mass is 789 g/mol. The highest BCUT2D eigenvalue weighted by Gasteiger charge is 2.20. The van der Waals surface area contributed by atoms with E-state index < -0.39 is 0 Å². The fourth-order valence-electron chi connectivity index (χ4n) is 9.57. The third kappa shape index (κ3) is 5.38. The van der Waals surface area contributed by atoms with Gasteiger partial charge in [-0.15, -0.1) is 0 Å². The largest absolute Gasteiger partial charge is 0.309 e. The standard InChI is InChI=1S/C57H35N5/c1-3-15-38(16-4-1)55-58-56(42-25-23-36-13-7-8-17-39(36)31-42)60-57(59-55)43-26-24-41-33-45(29-27-40(41)32-43)62-50-22-12-11-21-47(50)48-34-49-53(35-52(48)62)61(44-18-5-2-6-19-44)51-30-28-37-14-9-10-20-46(37)54(49)51/h1-35H. The Kier molecular flexibility index (Phi) is 7.54. The lowest BCUT2D eigenvalue weighted by molar-refractivity contribution is 1.07. The minimum Gasteiger partial charge on any atom is -0.309 e. The van der Waals surface area contributed by atoms with E-state index in [1.807, 2.05) is 30.3 Å². The Morgan fingerprint density at radius 2 is 0.790 bits per heavy atom. The molecule has 5 nitrogen and oxygen atoms in total. The summed E-state index contributed by atoms with van der Waals surface area (Å²) in [5, 5.41) is 12.1. The number of hydrogen-bond acceptors (Lipinski definition) is 3. The quantitative estimate of drug-likeness (QED) is 0.174. The molecule has 0 aliphatic rings. The molecule has 288 valence electrons. The van der Waals surface area contributed by atoms with E-state index in [2.05, 4.69) is 191 Å². The van der Waals surface area contributed by atoms with E-state index in [0.717, 1.165) is 44.2 Å². The topological polar surface area (TPSA) is 48.5 Å². The molecule has 0 atom stereocenters. The van der Waals surface area contributed by atoms with Gasteiger partial charge in [-0.05, 0) is 93.0 Å². The first kappa shape index (κ1) is 34.5. The summed E-state index contributed by atoms with van der Waals surface area (Å²) in [7, 11) is 0. The molecule has 0 bridgehead atoms. The van der Waals surface area contributed by atoms with E-state index in [9.17, 15) is 0 Å². The minimum absolute atomic E-state index is 0.640. The van der Waals surface area contributed by atoms with E-state index in [0.29, 0.717) is 17.5 Å². The van der Waals surface area contributed by atoms with E-state index in [4.69, 9.17) is 15.0 Å². The molecule has 3 aromatic heterocycles. The summed E-state index contributed by atoms with van der Waals surface area (Å²) in [5.74, 6) is 1.94. The smallest absolute Gasteiger partial charge is 0.164 e. The van der Waals surface area contributed by atoms with Crippen LogP contribution in [0.25, 0.3) is 121 Å². The third-order valence-corrected chi connectivity index (χ3v) is 12.5. The SMILES string of the molecule is c1ccc(-c2nc(-c3ccc4ccccc4c3)nc(-c3ccc4cc(-n5c6ccccc6c6cc7c8c9ccccc9ccc8n(-c8ccccc8)c7cc65)ccc4c3)n2)cc1. The van der Waals surface area contributed by atoms with Crippen LogP contribution in [0.1, 0.15) is 0 Å². The Hall–Kier alpha value is -8.41. The predicted octanol–water partition coefficient (Wildman–Crippen LogP) is 14.5. The van der Waals surface area contributed by atoms with Crippen molar-refractivity contribution in [2.45, 2.75) is 0 Å². The first-order valence-corrected chi connectivity index (χ1v) is 21.0. The van der Waals surface area contributed by atoms with Crippen LogP contribution in [0, 0.1) is 0 Å². The number of benzene rings is 10. The van der Waals surface area contributed by atoms with Gasteiger partial charge in [-0.3, -0.25) is 0 Å².